The number of hydrogen-bond donors (Lipinski definition) is 2. The number of carbonyl (C=O) groups is 2. The van der Waals surface area contributed by atoms with Crippen LogP contribution in [0, 0.1) is 6.92 Å². The molecule has 1 aromatic carbocycles. The second-order valence-electron chi connectivity index (χ2n) is 8.01. The molecule has 4 heterocycles. The van der Waals surface area contributed by atoms with E-state index in [4.69, 9.17) is 10.5 Å². The number of amides is 2. The topological polar surface area (TPSA) is 144 Å². The average molecular weight is 493 g/mol. The Kier molecular flexibility index (Phi) is 7.46. The van der Waals surface area contributed by atoms with Crippen molar-refractivity contribution >= 4 is 34.6 Å². The number of nitrogens with two attached hydrogens (primary N) is 1. The maximum Gasteiger partial charge on any atom is 0.322 e. The first-order valence-corrected chi connectivity index (χ1v) is 11.7. The molecule has 1 aliphatic heterocycles. The summed E-state index contributed by atoms with van der Waals surface area (Å²) in [4.78, 5) is 42.3. The average Bonchev–Trinajstić information content (AvgIpc) is 3.52. The van der Waals surface area contributed by atoms with E-state index in [-0.39, 0.29) is 16.5 Å². The predicted molar refractivity (Wildman–Crippen MR) is 131 cm³/mol. The largest absolute Gasteiger partial charge is 0.487 e. The summed E-state index contributed by atoms with van der Waals surface area (Å²) in [5, 5.41) is 8.17. The third kappa shape index (κ3) is 6.07. The Morgan fingerprint density at radius 2 is 2.14 bits per heavy atom. The number of fused-ring (bicyclic) bond motifs is 1. The number of primary amides is 1. The first-order valence-electron chi connectivity index (χ1n) is 10.9. The van der Waals surface area contributed by atoms with E-state index in [1.165, 1.54) is 6.20 Å². The van der Waals surface area contributed by atoms with E-state index in [9.17, 15) is 14.4 Å². The normalized spacial score (nSPS) is 14.9. The molecular weight excluding hydrogens is 468 g/mol. The van der Waals surface area contributed by atoms with Gasteiger partial charge < -0.3 is 15.4 Å². The fourth-order valence-corrected chi connectivity index (χ4v) is 4.52. The van der Waals surface area contributed by atoms with Crippen LogP contribution in [0.2, 0.25) is 0 Å². The highest BCUT2D eigenvalue weighted by Crippen LogP contribution is 2.25. The summed E-state index contributed by atoms with van der Waals surface area (Å²) in [7, 11) is 0. The van der Waals surface area contributed by atoms with Crippen LogP contribution in [-0.4, -0.2) is 50.5 Å². The van der Waals surface area contributed by atoms with Crippen molar-refractivity contribution in [1.29, 1.82) is 0 Å². The minimum absolute atomic E-state index is 0.125. The number of rotatable bonds is 6. The minimum atomic E-state index is -0.553. The number of pyridine rings is 2. The summed E-state index contributed by atoms with van der Waals surface area (Å²) < 4.78 is 5.75. The number of aryl methyl sites for hydroxylation is 1. The molecule has 0 spiro atoms. The van der Waals surface area contributed by atoms with E-state index in [1.807, 2.05) is 37.3 Å². The molecule has 10 nitrogen and oxygen atoms in total. The number of nitrogens with one attached hydrogen (secondary N) is 1. The van der Waals surface area contributed by atoms with Gasteiger partial charge >= 0.3 is 4.87 Å². The summed E-state index contributed by atoms with van der Waals surface area (Å²) in [5.41, 5.74) is 8.33. The number of hydrogen-bond acceptors (Lipinski definition) is 8. The highest BCUT2D eigenvalue weighted by Gasteiger charge is 2.25. The second kappa shape index (κ2) is 10.9. The molecule has 0 radical (unpaired) electrons. The quantitative estimate of drug-likeness (QED) is 0.393. The van der Waals surface area contributed by atoms with Gasteiger partial charge in [0.25, 0.3) is 5.91 Å². The van der Waals surface area contributed by atoms with Gasteiger partial charge in [0, 0.05) is 35.7 Å². The molecule has 11 heteroatoms. The molecule has 35 heavy (non-hydrogen) atoms. The summed E-state index contributed by atoms with van der Waals surface area (Å²) in [6.45, 7) is 3.81. The fraction of sp³-hybridized carbons (Fsp3) is 0.250. The molecule has 0 saturated carbocycles. The van der Waals surface area contributed by atoms with Crippen molar-refractivity contribution in [2.45, 2.75) is 25.9 Å². The molecule has 0 bridgehead atoms. The van der Waals surface area contributed by atoms with Gasteiger partial charge in [-0.3, -0.25) is 19.4 Å². The molecule has 3 N–H and O–H groups in total. The molecule has 2 amide bonds. The molecular formula is C24H24N6O4S. The lowest BCUT2D eigenvalue weighted by Gasteiger charge is -2.10. The van der Waals surface area contributed by atoms with Gasteiger partial charge in [-0.1, -0.05) is 29.5 Å². The second-order valence-corrected chi connectivity index (χ2v) is 9.00. The first kappa shape index (κ1) is 24.0. The van der Waals surface area contributed by atoms with Gasteiger partial charge in [-0.05, 0) is 37.6 Å². The molecule has 1 saturated heterocycles. The third-order valence-corrected chi connectivity index (χ3v) is 6.40. The van der Waals surface area contributed by atoms with Crippen LogP contribution >= 0.6 is 11.3 Å². The van der Waals surface area contributed by atoms with Crippen molar-refractivity contribution in [2.75, 3.05) is 13.1 Å². The number of carbonyl (C=O) groups excluding carboxylic acids is 2. The van der Waals surface area contributed by atoms with Crippen LogP contribution in [0.1, 0.15) is 39.1 Å². The van der Waals surface area contributed by atoms with Crippen LogP contribution in [0.5, 0.6) is 5.75 Å². The molecule has 0 aliphatic carbocycles. The van der Waals surface area contributed by atoms with Crippen molar-refractivity contribution in [3.8, 4) is 5.75 Å². The lowest BCUT2D eigenvalue weighted by molar-refractivity contribution is -0.117. The van der Waals surface area contributed by atoms with Gasteiger partial charge in [0.05, 0.1) is 11.7 Å². The molecule has 1 atom stereocenters. The summed E-state index contributed by atoms with van der Waals surface area (Å²) in [6, 6.07) is 13.2. The Hall–Kier alpha value is -4.12. The number of aromatic amines is 1. The van der Waals surface area contributed by atoms with Crippen molar-refractivity contribution in [1.82, 2.24) is 25.1 Å². The number of aromatic nitrogens is 4. The lowest BCUT2D eigenvalue weighted by Crippen LogP contribution is -2.17. The van der Waals surface area contributed by atoms with Crippen LogP contribution in [0.15, 0.2) is 53.5 Å². The van der Waals surface area contributed by atoms with E-state index in [1.54, 1.807) is 17.0 Å². The van der Waals surface area contributed by atoms with Crippen LogP contribution in [0.4, 0.5) is 0 Å². The van der Waals surface area contributed by atoms with Gasteiger partial charge in [0.2, 0.25) is 6.41 Å². The van der Waals surface area contributed by atoms with E-state index < -0.39 is 5.91 Å². The monoisotopic (exact) mass is 492 g/mol. The predicted octanol–water partition coefficient (Wildman–Crippen LogP) is 2.39. The number of nitrogens with zero attached hydrogens (tertiary/aromatic N) is 4. The van der Waals surface area contributed by atoms with Gasteiger partial charge in [0.1, 0.15) is 23.1 Å². The Morgan fingerprint density at radius 3 is 2.80 bits per heavy atom. The molecule has 5 rings (SSSR count). The summed E-state index contributed by atoms with van der Waals surface area (Å²) in [6.07, 6.45) is 3.24. The standard InChI is InChI=1S/C17H15N3O2.C7H9N3O2S/c1-11-8-12(14-4-2-3-5-15(14)20-11)10-22-13-6-7-16(17(18)21)19-9-13;11-4-10-2-1-5(3-10)6-8-9-7(12)13-6/h2-9H,10H2,1H3,(H2,18,21);4-5H,1-3H2,(H,9,12)/t;5-/m.1/s1. The zero-order valence-electron chi connectivity index (χ0n) is 19.0. The highest BCUT2D eigenvalue weighted by molar-refractivity contribution is 7.08. The molecule has 180 valence electrons. The van der Waals surface area contributed by atoms with Gasteiger partial charge in [-0.2, -0.15) is 5.10 Å². The molecule has 0 unspecified atom stereocenters. The van der Waals surface area contributed by atoms with E-state index >= 15 is 0 Å². The van der Waals surface area contributed by atoms with Crippen molar-refractivity contribution < 1.29 is 14.3 Å². The molecule has 4 aromatic rings. The van der Waals surface area contributed by atoms with Crippen LogP contribution in [0.3, 0.4) is 0 Å². The van der Waals surface area contributed by atoms with Crippen LogP contribution in [-0.2, 0) is 11.4 Å². The SMILES string of the molecule is Cc1cc(COc2ccc(C(N)=O)nc2)c2ccccc2n1.O=CN1CC[C@@H](c2n[nH]c(=O)s2)C1. The zero-order chi connectivity index (χ0) is 24.8. The minimum Gasteiger partial charge on any atom is -0.487 e. The zero-order valence-corrected chi connectivity index (χ0v) is 19.8. The number of likely N-dealkylation sites (tertiary alicyclic amines) is 1. The maximum absolute atomic E-state index is 11.0. The Labute approximate surface area is 204 Å². The maximum atomic E-state index is 11.0. The molecule has 3 aromatic heterocycles. The Morgan fingerprint density at radius 1 is 1.31 bits per heavy atom. The van der Waals surface area contributed by atoms with Crippen molar-refractivity contribution in [3.05, 3.63) is 80.3 Å². The number of para-hydroxylation sites is 1. The lowest BCUT2D eigenvalue weighted by atomic mass is 10.1. The third-order valence-electron chi connectivity index (χ3n) is 5.49. The van der Waals surface area contributed by atoms with Crippen molar-refractivity contribution in [3.63, 3.8) is 0 Å². The van der Waals surface area contributed by atoms with E-state index in [0.717, 1.165) is 57.9 Å². The van der Waals surface area contributed by atoms with Gasteiger partial charge in [-0.25, -0.2) is 10.1 Å². The Balaban J connectivity index is 0.000000189. The number of ether oxygens (including phenoxy) is 1. The van der Waals surface area contributed by atoms with E-state index in [0.29, 0.717) is 18.9 Å². The number of benzene rings is 1. The smallest absolute Gasteiger partial charge is 0.322 e. The van der Waals surface area contributed by atoms with Crippen LogP contribution in [0.25, 0.3) is 10.9 Å². The summed E-state index contributed by atoms with van der Waals surface area (Å²) in [5.74, 6) is 0.278. The fourth-order valence-electron chi connectivity index (χ4n) is 3.79. The first-order chi connectivity index (χ1) is 16.9. The highest BCUT2D eigenvalue weighted by atomic mass is 32.1. The van der Waals surface area contributed by atoms with Crippen molar-refractivity contribution in [2.24, 2.45) is 5.73 Å². The van der Waals surface area contributed by atoms with Crippen LogP contribution < -0.4 is 15.3 Å². The molecule has 1 aliphatic rings. The summed E-state index contributed by atoms with van der Waals surface area (Å²) >= 11 is 1.13. The van der Waals surface area contributed by atoms with Gasteiger partial charge in [-0.15, -0.1) is 0 Å². The van der Waals surface area contributed by atoms with Gasteiger partial charge in [0.15, 0.2) is 0 Å². The Bertz CT molecular complexity index is 1380. The molecule has 1 fully saturated rings. The van der Waals surface area contributed by atoms with E-state index in [2.05, 4.69) is 20.2 Å². The number of H-pyrrole nitrogens is 1.